The van der Waals surface area contributed by atoms with Crippen LogP contribution in [0.5, 0.6) is 5.75 Å². The number of hydrogen-bond donors (Lipinski definition) is 1. The predicted molar refractivity (Wildman–Crippen MR) is 95.0 cm³/mol. The molecule has 1 aliphatic carbocycles. The summed E-state index contributed by atoms with van der Waals surface area (Å²) < 4.78 is 7.14. The lowest BCUT2D eigenvalue weighted by atomic mass is 9.96. The number of ether oxygens (including phenoxy) is 1. The average Bonchev–Trinajstić information content (AvgIpc) is 3.09. The van der Waals surface area contributed by atoms with E-state index < -0.39 is 0 Å². The van der Waals surface area contributed by atoms with Crippen molar-refractivity contribution in [2.45, 2.75) is 38.1 Å². The molecule has 1 heterocycles. The molecule has 24 heavy (non-hydrogen) atoms. The van der Waals surface area contributed by atoms with E-state index in [1.807, 2.05) is 35.0 Å². The van der Waals surface area contributed by atoms with Crippen LogP contribution in [0, 0.1) is 0 Å². The molecule has 1 aromatic carbocycles. The molecule has 1 aromatic heterocycles. The van der Waals surface area contributed by atoms with Gasteiger partial charge in [0.1, 0.15) is 11.6 Å². The van der Waals surface area contributed by atoms with E-state index in [2.05, 4.69) is 10.4 Å². The molecule has 1 saturated carbocycles. The van der Waals surface area contributed by atoms with Gasteiger partial charge in [-0.3, -0.25) is 4.79 Å². The fourth-order valence-corrected chi connectivity index (χ4v) is 3.11. The van der Waals surface area contributed by atoms with Crippen LogP contribution < -0.4 is 10.1 Å². The number of amides is 1. The summed E-state index contributed by atoms with van der Waals surface area (Å²) in [6, 6.07) is 9.83. The molecule has 126 valence electrons. The molecule has 1 aliphatic rings. The lowest BCUT2D eigenvalue weighted by Crippen LogP contribution is -2.19. The first-order valence-corrected chi connectivity index (χ1v) is 8.43. The highest BCUT2D eigenvalue weighted by atomic mass is 16.5. The zero-order valence-corrected chi connectivity index (χ0v) is 13.9. The van der Waals surface area contributed by atoms with Crippen molar-refractivity contribution in [3.8, 4) is 5.75 Å². The zero-order valence-electron chi connectivity index (χ0n) is 13.9. The van der Waals surface area contributed by atoms with Crippen molar-refractivity contribution in [1.82, 2.24) is 9.78 Å². The second-order valence-corrected chi connectivity index (χ2v) is 6.05. The number of methoxy groups -OCH3 is 1. The summed E-state index contributed by atoms with van der Waals surface area (Å²) in [7, 11) is 1.63. The maximum absolute atomic E-state index is 12.2. The van der Waals surface area contributed by atoms with Crippen molar-refractivity contribution in [2.75, 3.05) is 12.4 Å². The van der Waals surface area contributed by atoms with Crippen LogP contribution in [0.25, 0.3) is 6.08 Å². The van der Waals surface area contributed by atoms with Gasteiger partial charge in [0.25, 0.3) is 0 Å². The zero-order chi connectivity index (χ0) is 16.8. The molecule has 3 rings (SSSR count). The van der Waals surface area contributed by atoms with E-state index in [1.54, 1.807) is 19.4 Å². The van der Waals surface area contributed by atoms with Crippen molar-refractivity contribution in [2.24, 2.45) is 0 Å². The number of anilines is 1. The molecular formula is C19H23N3O2. The summed E-state index contributed by atoms with van der Waals surface area (Å²) in [5.41, 5.74) is 0.922. The van der Waals surface area contributed by atoms with E-state index in [-0.39, 0.29) is 5.91 Å². The van der Waals surface area contributed by atoms with Crippen LogP contribution in [-0.2, 0) is 4.79 Å². The Bertz CT molecular complexity index is 715. The maximum atomic E-state index is 12.2. The monoisotopic (exact) mass is 325 g/mol. The molecule has 0 spiro atoms. The molecule has 5 heteroatoms. The fourth-order valence-electron chi connectivity index (χ4n) is 3.11. The van der Waals surface area contributed by atoms with E-state index in [1.165, 1.54) is 25.3 Å². The third-order valence-corrected chi connectivity index (χ3v) is 4.36. The SMILES string of the molecule is COc1cccc(/C=C/C(=O)Nc2ccnn2C2CCCCC2)c1. The molecule has 1 amide bonds. The summed E-state index contributed by atoms with van der Waals surface area (Å²) in [5.74, 6) is 1.38. The van der Waals surface area contributed by atoms with Gasteiger partial charge in [0, 0.05) is 12.1 Å². The summed E-state index contributed by atoms with van der Waals surface area (Å²) in [6.45, 7) is 0. The second-order valence-electron chi connectivity index (χ2n) is 6.05. The van der Waals surface area contributed by atoms with Crippen LogP contribution in [0.1, 0.15) is 43.7 Å². The van der Waals surface area contributed by atoms with Crippen LogP contribution in [0.3, 0.4) is 0 Å². The minimum Gasteiger partial charge on any atom is -0.497 e. The van der Waals surface area contributed by atoms with Gasteiger partial charge in [-0.05, 0) is 36.6 Å². The number of carbonyl (C=O) groups excluding carboxylic acids is 1. The number of rotatable bonds is 5. The summed E-state index contributed by atoms with van der Waals surface area (Å²) in [4.78, 5) is 12.2. The quantitative estimate of drug-likeness (QED) is 0.844. The van der Waals surface area contributed by atoms with Crippen molar-refractivity contribution in [3.63, 3.8) is 0 Å². The summed E-state index contributed by atoms with van der Waals surface area (Å²) in [5, 5.41) is 7.33. The van der Waals surface area contributed by atoms with Crippen LogP contribution in [0.2, 0.25) is 0 Å². The Morgan fingerprint density at radius 3 is 2.92 bits per heavy atom. The molecule has 0 atom stereocenters. The Balaban J connectivity index is 1.64. The molecular weight excluding hydrogens is 302 g/mol. The van der Waals surface area contributed by atoms with Gasteiger partial charge in [-0.1, -0.05) is 31.4 Å². The molecule has 2 aromatic rings. The van der Waals surface area contributed by atoms with Crippen LogP contribution >= 0.6 is 0 Å². The normalized spacial score (nSPS) is 15.5. The molecule has 0 saturated heterocycles. The predicted octanol–water partition coefficient (Wildman–Crippen LogP) is 4.05. The highest BCUT2D eigenvalue weighted by Crippen LogP contribution is 2.29. The summed E-state index contributed by atoms with van der Waals surface area (Å²) in [6.07, 6.45) is 11.1. The van der Waals surface area contributed by atoms with Gasteiger partial charge in [-0.2, -0.15) is 5.10 Å². The standard InChI is InChI=1S/C19H23N3O2/c1-24-17-9-5-6-15(14-17)10-11-19(23)21-18-12-13-20-22(18)16-7-3-2-4-8-16/h5-6,9-14,16H,2-4,7-8H2,1H3,(H,21,23)/b11-10+. The van der Waals surface area contributed by atoms with Gasteiger partial charge >= 0.3 is 0 Å². The molecule has 0 radical (unpaired) electrons. The number of carbonyl (C=O) groups is 1. The van der Waals surface area contributed by atoms with E-state index >= 15 is 0 Å². The summed E-state index contributed by atoms with van der Waals surface area (Å²) >= 11 is 0. The van der Waals surface area contributed by atoms with Crippen LogP contribution in [0.15, 0.2) is 42.6 Å². The lowest BCUT2D eigenvalue weighted by Gasteiger charge is -2.23. The largest absolute Gasteiger partial charge is 0.497 e. The highest BCUT2D eigenvalue weighted by Gasteiger charge is 2.18. The van der Waals surface area contributed by atoms with Gasteiger partial charge in [0.2, 0.25) is 5.91 Å². The molecule has 0 unspecified atom stereocenters. The first kappa shape index (κ1) is 16.3. The highest BCUT2D eigenvalue weighted by molar-refractivity contribution is 6.01. The van der Waals surface area contributed by atoms with Crippen molar-refractivity contribution < 1.29 is 9.53 Å². The maximum Gasteiger partial charge on any atom is 0.249 e. The first-order valence-electron chi connectivity index (χ1n) is 8.43. The molecule has 1 fully saturated rings. The number of nitrogens with one attached hydrogen (secondary N) is 1. The Morgan fingerprint density at radius 2 is 2.12 bits per heavy atom. The number of nitrogens with zero attached hydrogens (tertiary/aromatic N) is 2. The van der Waals surface area contributed by atoms with E-state index in [9.17, 15) is 4.79 Å². The minimum atomic E-state index is -0.157. The lowest BCUT2D eigenvalue weighted by molar-refractivity contribution is -0.111. The first-order chi connectivity index (χ1) is 11.8. The number of benzene rings is 1. The van der Waals surface area contributed by atoms with Gasteiger partial charge in [0.05, 0.1) is 19.3 Å². The Morgan fingerprint density at radius 1 is 1.29 bits per heavy atom. The average molecular weight is 325 g/mol. The second kappa shape index (κ2) is 7.81. The van der Waals surface area contributed by atoms with Gasteiger partial charge in [0.15, 0.2) is 0 Å². The minimum absolute atomic E-state index is 0.157. The Kier molecular flexibility index (Phi) is 5.31. The Hall–Kier alpha value is -2.56. The molecule has 1 N–H and O–H groups in total. The number of hydrogen-bond acceptors (Lipinski definition) is 3. The van der Waals surface area contributed by atoms with Gasteiger partial charge in [-0.15, -0.1) is 0 Å². The Labute approximate surface area is 142 Å². The molecule has 0 bridgehead atoms. The molecule has 0 aliphatic heterocycles. The van der Waals surface area contributed by atoms with Gasteiger partial charge < -0.3 is 10.1 Å². The fraction of sp³-hybridized carbons (Fsp3) is 0.368. The van der Waals surface area contributed by atoms with Crippen LogP contribution in [-0.4, -0.2) is 22.8 Å². The smallest absolute Gasteiger partial charge is 0.249 e. The van der Waals surface area contributed by atoms with E-state index in [4.69, 9.17) is 4.74 Å². The third kappa shape index (κ3) is 4.04. The van der Waals surface area contributed by atoms with Crippen molar-refractivity contribution >= 4 is 17.8 Å². The third-order valence-electron chi connectivity index (χ3n) is 4.36. The van der Waals surface area contributed by atoms with Crippen molar-refractivity contribution in [1.29, 1.82) is 0 Å². The molecule has 5 nitrogen and oxygen atoms in total. The number of aromatic nitrogens is 2. The van der Waals surface area contributed by atoms with Crippen LogP contribution in [0.4, 0.5) is 5.82 Å². The van der Waals surface area contributed by atoms with E-state index in [0.29, 0.717) is 6.04 Å². The van der Waals surface area contributed by atoms with E-state index in [0.717, 1.165) is 30.0 Å². The topological polar surface area (TPSA) is 56.1 Å². The van der Waals surface area contributed by atoms with Gasteiger partial charge in [-0.25, -0.2) is 4.68 Å². The van der Waals surface area contributed by atoms with Crippen molar-refractivity contribution in [3.05, 3.63) is 48.2 Å².